The maximum atomic E-state index is 9.65. The zero-order valence-electron chi connectivity index (χ0n) is 11.3. The minimum atomic E-state index is -0.354. The van der Waals surface area contributed by atoms with Crippen molar-refractivity contribution in [1.29, 1.82) is 0 Å². The predicted octanol–water partition coefficient (Wildman–Crippen LogP) is 2.29. The summed E-state index contributed by atoms with van der Waals surface area (Å²) in [6, 6.07) is 7.99. The molecule has 2 N–H and O–H groups in total. The van der Waals surface area contributed by atoms with Gasteiger partial charge in [-0.1, -0.05) is 12.1 Å². The molecule has 1 aromatic rings. The normalized spacial score (nSPS) is 18.4. The van der Waals surface area contributed by atoms with Crippen molar-refractivity contribution in [2.75, 3.05) is 19.8 Å². The fourth-order valence-corrected chi connectivity index (χ4v) is 2.03. The lowest BCUT2D eigenvalue weighted by Crippen LogP contribution is -2.43. The van der Waals surface area contributed by atoms with Gasteiger partial charge in [0.25, 0.3) is 0 Å². The van der Waals surface area contributed by atoms with Gasteiger partial charge in [-0.15, -0.1) is 0 Å². The molecule has 1 aromatic carbocycles. The number of hydrogen-bond donors (Lipinski definition) is 2. The van der Waals surface area contributed by atoms with Gasteiger partial charge in [-0.2, -0.15) is 0 Å². The summed E-state index contributed by atoms with van der Waals surface area (Å²) in [6.07, 6.45) is 2.63. The van der Waals surface area contributed by atoms with Gasteiger partial charge in [0.05, 0.1) is 18.8 Å². The number of aliphatic hydroxyl groups is 1. The van der Waals surface area contributed by atoms with Gasteiger partial charge in [-0.25, -0.2) is 0 Å². The summed E-state index contributed by atoms with van der Waals surface area (Å²) in [5, 5.41) is 13.1. The number of ether oxygens (including phenoxy) is 1. The van der Waals surface area contributed by atoms with Gasteiger partial charge in [0.15, 0.2) is 0 Å². The summed E-state index contributed by atoms with van der Waals surface area (Å²) in [5.74, 6) is 1.68. The second-order valence-corrected chi connectivity index (χ2v) is 5.27. The Bertz CT molecular complexity index is 373. The first kappa shape index (κ1) is 13.4. The van der Waals surface area contributed by atoms with E-state index in [0.29, 0.717) is 6.61 Å². The van der Waals surface area contributed by atoms with Gasteiger partial charge < -0.3 is 15.2 Å². The largest absolute Gasteiger partial charge is 0.494 e. The van der Waals surface area contributed by atoms with Crippen molar-refractivity contribution in [1.82, 2.24) is 5.32 Å². The third-order valence-electron chi connectivity index (χ3n) is 3.60. The SMILES string of the molecule is CCOc1ccc(C(C)(CO)NCC2CC2)cc1. The average Bonchev–Trinajstić information content (AvgIpc) is 3.21. The highest BCUT2D eigenvalue weighted by molar-refractivity contribution is 5.31. The van der Waals surface area contributed by atoms with E-state index in [9.17, 15) is 5.11 Å². The Morgan fingerprint density at radius 3 is 2.50 bits per heavy atom. The zero-order chi connectivity index (χ0) is 13.0. The number of rotatable bonds is 7. The Hall–Kier alpha value is -1.06. The number of benzene rings is 1. The first-order valence-corrected chi connectivity index (χ1v) is 6.77. The zero-order valence-corrected chi connectivity index (χ0v) is 11.3. The number of hydrogen-bond acceptors (Lipinski definition) is 3. The highest BCUT2D eigenvalue weighted by Gasteiger charge is 2.29. The van der Waals surface area contributed by atoms with E-state index in [1.54, 1.807) is 0 Å². The van der Waals surface area contributed by atoms with E-state index in [1.807, 2.05) is 38.1 Å². The first-order chi connectivity index (χ1) is 8.68. The van der Waals surface area contributed by atoms with Crippen LogP contribution in [0, 0.1) is 5.92 Å². The summed E-state index contributed by atoms with van der Waals surface area (Å²) in [5.41, 5.74) is 0.752. The van der Waals surface area contributed by atoms with Crippen LogP contribution in [0.4, 0.5) is 0 Å². The molecule has 0 bridgehead atoms. The van der Waals surface area contributed by atoms with Crippen LogP contribution < -0.4 is 10.1 Å². The summed E-state index contributed by atoms with van der Waals surface area (Å²) in [7, 11) is 0. The lowest BCUT2D eigenvalue weighted by atomic mass is 9.92. The molecule has 2 rings (SSSR count). The van der Waals surface area contributed by atoms with Crippen LogP contribution in [0.3, 0.4) is 0 Å². The first-order valence-electron chi connectivity index (χ1n) is 6.77. The molecule has 0 heterocycles. The van der Waals surface area contributed by atoms with Gasteiger partial charge in [0, 0.05) is 0 Å². The smallest absolute Gasteiger partial charge is 0.119 e. The Kier molecular flexibility index (Phi) is 4.25. The lowest BCUT2D eigenvalue weighted by Gasteiger charge is -2.29. The molecule has 0 aliphatic heterocycles. The van der Waals surface area contributed by atoms with E-state index < -0.39 is 0 Å². The maximum Gasteiger partial charge on any atom is 0.119 e. The Morgan fingerprint density at radius 2 is 2.00 bits per heavy atom. The van der Waals surface area contributed by atoms with E-state index in [2.05, 4.69) is 5.32 Å². The highest BCUT2D eigenvalue weighted by atomic mass is 16.5. The Balaban J connectivity index is 2.04. The third-order valence-corrected chi connectivity index (χ3v) is 3.60. The van der Waals surface area contributed by atoms with Gasteiger partial charge in [0.1, 0.15) is 5.75 Å². The maximum absolute atomic E-state index is 9.65. The van der Waals surface area contributed by atoms with E-state index in [-0.39, 0.29) is 12.1 Å². The molecule has 3 heteroatoms. The lowest BCUT2D eigenvalue weighted by molar-refractivity contribution is 0.173. The quantitative estimate of drug-likeness (QED) is 0.779. The molecular formula is C15H23NO2. The van der Waals surface area contributed by atoms with Crippen LogP contribution in [-0.4, -0.2) is 24.9 Å². The van der Waals surface area contributed by atoms with Crippen LogP contribution in [0.1, 0.15) is 32.3 Å². The van der Waals surface area contributed by atoms with Crippen molar-refractivity contribution in [2.24, 2.45) is 5.92 Å². The van der Waals surface area contributed by atoms with Crippen molar-refractivity contribution in [2.45, 2.75) is 32.2 Å². The van der Waals surface area contributed by atoms with E-state index in [0.717, 1.165) is 23.8 Å². The summed E-state index contributed by atoms with van der Waals surface area (Å²) >= 11 is 0. The summed E-state index contributed by atoms with van der Waals surface area (Å²) in [4.78, 5) is 0. The molecule has 100 valence electrons. The minimum Gasteiger partial charge on any atom is -0.494 e. The van der Waals surface area contributed by atoms with Crippen molar-refractivity contribution in [3.05, 3.63) is 29.8 Å². The standard InChI is InChI=1S/C15H23NO2/c1-3-18-14-8-6-13(7-9-14)15(2,11-17)16-10-12-4-5-12/h6-9,12,16-17H,3-5,10-11H2,1-2H3. The van der Waals surface area contributed by atoms with Crippen LogP contribution in [0.2, 0.25) is 0 Å². The molecule has 1 saturated carbocycles. The van der Waals surface area contributed by atoms with E-state index in [4.69, 9.17) is 4.74 Å². The second kappa shape index (κ2) is 5.72. The van der Waals surface area contributed by atoms with Gasteiger partial charge in [-0.05, 0) is 56.8 Å². The number of nitrogens with one attached hydrogen (secondary N) is 1. The third kappa shape index (κ3) is 3.24. The summed E-state index contributed by atoms with van der Waals surface area (Å²) < 4.78 is 5.43. The van der Waals surface area contributed by atoms with Gasteiger partial charge in [0.2, 0.25) is 0 Å². The second-order valence-electron chi connectivity index (χ2n) is 5.27. The average molecular weight is 249 g/mol. The highest BCUT2D eigenvalue weighted by Crippen LogP contribution is 2.30. The van der Waals surface area contributed by atoms with Crippen LogP contribution in [0.5, 0.6) is 5.75 Å². The molecule has 1 aliphatic rings. The fourth-order valence-electron chi connectivity index (χ4n) is 2.03. The molecule has 0 aromatic heterocycles. The van der Waals surface area contributed by atoms with Crippen molar-refractivity contribution >= 4 is 0 Å². The van der Waals surface area contributed by atoms with Crippen LogP contribution in [-0.2, 0) is 5.54 Å². The van der Waals surface area contributed by atoms with Crippen molar-refractivity contribution < 1.29 is 9.84 Å². The molecular weight excluding hydrogens is 226 g/mol. The molecule has 0 radical (unpaired) electrons. The van der Waals surface area contributed by atoms with E-state index in [1.165, 1.54) is 12.8 Å². The van der Waals surface area contributed by atoms with Gasteiger partial charge in [-0.3, -0.25) is 0 Å². The van der Waals surface area contributed by atoms with Crippen LogP contribution in [0.15, 0.2) is 24.3 Å². The van der Waals surface area contributed by atoms with Crippen molar-refractivity contribution in [3.63, 3.8) is 0 Å². The fraction of sp³-hybridized carbons (Fsp3) is 0.600. The molecule has 0 spiro atoms. The molecule has 1 aliphatic carbocycles. The minimum absolute atomic E-state index is 0.105. The molecule has 3 nitrogen and oxygen atoms in total. The topological polar surface area (TPSA) is 41.5 Å². The molecule has 0 amide bonds. The number of aliphatic hydroxyl groups excluding tert-OH is 1. The Labute approximate surface area is 109 Å². The molecule has 0 saturated heterocycles. The monoisotopic (exact) mass is 249 g/mol. The van der Waals surface area contributed by atoms with Crippen molar-refractivity contribution in [3.8, 4) is 5.75 Å². The molecule has 1 fully saturated rings. The van der Waals surface area contributed by atoms with Crippen LogP contribution >= 0.6 is 0 Å². The van der Waals surface area contributed by atoms with Gasteiger partial charge >= 0.3 is 0 Å². The van der Waals surface area contributed by atoms with Crippen LogP contribution in [0.25, 0.3) is 0 Å². The molecule has 1 atom stereocenters. The Morgan fingerprint density at radius 1 is 1.33 bits per heavy atom. The van der Waals surface area contributed by atoms with E-state index >= 15 is 0 Å². The summed E-state index contributed by atoms with van der Waals surface area (Å²) in [6.45, 7) is 5.79. The molecule has 18 heavy (non-hydrogen) atoms. The molecule has 1 unspecified atom stereocenters. The predicted molar refractivity (Wildman–Crippen MR) is 72.8 cm³/mol.